The maximum absolute atomic E-state index is 5.34. The van der Waals surface area contributed by atoms with Crippen molar-refractivity contribution in [2.45, 2.75) is 52.5 Å². The number of ether oxygens (including phenoxy) is 1. The van der Waals surface area contributed by atoms with Crippen molar-refractivity contribution in [2.24, 2.45) is 11.1 Å². The van der Waals surface area contributed by atoms with Gasteiger partial charge in [0.15, 0.2) is 0 Å². The first-order valence-electron chi connectivity index (χ1n) is 10.4. The quantitative estimate of drug-likeness (QED) is 0.366. The lowest BCUT2D eigenvalue weighted by atomic mass is 9.92. The summed E-state index contributed by atoms with van der Waals surface area (Å²) < 4.78 is 5.34. The van der Waals surface area contributed by atoms with Gasteiger partial charge < -0.3 is 14.5 Å². The van der Waals surface area contributed by atoms with Gasteiger partial charge in [-0.1, -0.05) is 50.0 Å². The molecule has 0 radical (unpaired) electrons. The maximum Gasteiger partial charge on any atom is 0.119 e. The first-order valence-corrected chi connectivity index (χ1v) is 10.4. The van der Waals surface area contributed by atoms with Gasteiger partial charge in [0.1, 0.15) is 12.9 Å². The molecule has 0 amide bonds. The molecule has 2 unspecified atom stereocenters. The van der Waals surface area contributed by atoms with Crippen LogP contribution in [0, 0.1) is 5.92 Å². The molecule has 0 N–H and O–H groups in total. The Balaban J connectivity index is 2.27. The van der Waals surface area contributed by atoms with Gasteiger partial charge in [-0.2, -0.15) is 0 Å². The van der Waals surface area contributed by atoms with Crippen LogP contribution in [0.5, 0.6) is 5.75 Å². The van der Waals surface area contributed by atoms with Crippen molar-refractivity contribution >= 4 is 16.5 Å². The van der Waals surface area contributed by atoms with Crippen molar-refractivity contribution in [1.82, 2.24) is 4.90 Å². The van der Waals surface area contributed by atoms with E-state index in [1.54, 1.807) is 14.2 Å². The van der Waals surface area contributed by atoms with Crippen LogP contribution < -0.4 is 4.74 Å². The van der Waals surface area contributed by atoms with E-state index < -0.39 is 0 Å². The summed E-state index contributed by atoms with van der Waals surface area (Å²) in [6, 6.07) is 13.2. The van der Waals surface area contributed by atoms with Crippen LogP contribution in [0.3, 0.4) is 0 Å². The predicted octanol–water partition coefficient (Wildman–Crippen LogP) is 5.74. The number of hydrogen-bond donors (Lipinski definition) is 0. The molecule has 2 aromatic rings. The third kappa shape index (κ3) is 5.71. The number of hydrogen-bond acceptors (Lipinski definition) is 4. The van der Waals surface area contributed by atoms with E-state index in [-0.39, 0.29) is 0 Å². The lowest BCUT2D eigenvalue weighted by Crippen LogP contribution is -2.36. The fourth-order valence-corrected chi connectivity index (χ4v) is 3.63. The van der Waals surface area contributed by atoms with Crippen molar-refractivity contribution in [3.63, 3.8) is 0 Å². The molecule has 0 spiro atoms. The van der Waals surface area contributed by atoms with Crippen LogP contribution in [-0.4, -0.2) is 44.5 Å². The zero-order valence-corrected chi connectivity index (χ0v) is 18.4. The molecule has 0 saturated carbocycles. The molecule has 0 saturated heterocycles. The van der Waals surface area contributed by atoms with Gasteiger partial charge in [-0.3, -0.25) is 0 Å². The van der Waals surface area contributed by atoms with Crippen LogP contribution in [0.1, 0.15) is 52.0 Å². The van der Waals surface area contributed by atoms with Gasteiger partial charge in [0.25, 0.3) is 0 Å². The summed E-state index contributed by atoms with van der Waals surface area (Å²) >= 11 is 0. The minimum atomic E-state index is 0.324. The Kier molecular flexibility index (Phi) is 8.78. The second-order valence-corrected chi connectivity index (χ2v) is 7.62. The Morgan fingerprint density at radius 3 is 2.43 bits per heavy atom. The Morgan fingerprint density at radius 2 is 1.79 bits per heavy atom. The average molecular weight is 385 g/mol. The number of nitrogens with zero attached hydrogens (tertiary/aromatic N) is 2. The zero-order chi connectivity index (χ0) is 20.5. The zero-order valence-electron chi connectivity index (χ0n) is 18.4. The van der Waals surface area contributed by atoms with Gasteiger partial charge in [0, 0.05) is 24.1 Å². The highest BCUT2D eigenvalue weighted by Gasteiger charge is 2.21. The summed E-state index contributed by atoms with van der Waals surface area (Å²) in [5.41, 5.74) is 2.15. The number of benzene rings is 2. The molecule has 4 nitrogen and oxygen atoms in total. The largest absolute Gasteiger partial charge is 0.497 e. The normalized spacial score (nSPS) is 14.3. The van der Waals surface area contributed by atoms with Crippen molar-refractivity contribution in [3.05, 3.63) is 42.0 Å². The Morgan fingerprint density at radius 1 is 1.07 bits per heavy atom. The highest BCUT2D eigenvalue weighted by molar-refractivity contribution is 6.04. The lowest BCUT2D eigenvalue weighted by molar-refractivity contribution is 0.201. The molecule has 0 aromatic heterocycles. The van der Waals surface area contributed by atoms with Crippen molar-refractivity contribution in [2.75, 3.05) is 27.8 Å². The molecule has 154 valence electrons. The van der Waals surface area contributed by atoms with E-state index in [9.17, 15) is 0 Å². The van der Waals surface area contributed by atoms with Crippen LogP contribution in [-0.2, 0) is 4.84 Å². The monoisotopic (exact) mass is 384 g/mol. The Labute approximate surface area is 170 Å². The number of oxime groups is 1. The number of rotatable bonds is 11. The second-order valence-electron chi connectivity index (χ2n) is 7.62. The Bertz CT molecular complexity index is 772. The number of fused-ring (bicyclic) bond motifs is 1. The van der Waals surface area contributed by atoms with Crippen molar-refractivity contribution in [1.29, 1.82) is 0 Å². The molecule has 0 aliphatic carbocycles. The summed E-state index contributed by atoms with van der Waals surface area (Å²) in [5.74, 6) is 1.20. The molecular formula is C24H36N2O2. The van der Waals surface area contributed by atoms with Crippen LogP contribution in [0.2, 0.25) is 0 Å². The fourth-order valence-electron chi connectivity index (χ4n) is 3.63. The minimum Gasteiger partial charge on any atom is -0.497 e. The third-order valence-corrected chi connectivity index (χ3v) is 5.65. The molecule has 28 heavy (non-hydrogen) atoms. The van der Waals surface area contributed by atoms with E-state index in [0.29, 0.717) is 12.0 Å². The van der Waals surface area contributed by atoms with Gasteiger partial charge >= 0.3 is 0 Å². The smallest absolute Gasteiger partial charge is 0.119 e. The summed E-state index contributed by atoms with van der Waals surface area (Å²) in [7, 11) is 5.55. The van der Waals surface area contributed by atoms with Crippen LogP contribution >= 0.6 is 0 Å². The van der Waals surface area contributed by atoms with Gasteiger partial charge in [-0.15, -0.1) is 0 Å². The second kappa shape index (κ2) is 11.1. The first kappa shape index (κ1) is 22.2. The van der Waals surface area contributed by atoms with E-state index in [2.05, 4.69) is 68.2 Å². The molecule has 2 aromatic carbocycles. The summed E-state index contributed by atoms with van der Waals surface area (Å²) in [5, 5.41) is 6.79. The average Bonchev–Trinajstić information content (AvgIpc) is 2.73. The lowest BCUT2D eigenvalue weighted by Gasteiger charge is -2.29. The van der Waals surface area contributed by atoms with E-state index in [4.69, 9.17) is 9.57 Å². The summed E-state index contributed by atoms with van der Waals surface area (Å²) in [6.07, 6.45) is 4.77. The standard InChI is InChI=1S/C24H36N2O2/c1-7-9-10-18(3)26(4)17-19(8-2)24(25-28-6)22-12-11-21-16-23(27-5)14-13-20(21)15-22/h11-16,18-19H,7-10,17H2,1-6H3/b25-24+. The summed E-state index contributed by atoms with van der Waals surface area (Å²) in [6.45, 7) is 7.77. The summed E-state index contributed by atoms with van der Waals surface area (Å²) in [4.78, 5) is 7.71. The van der Waals surface area contributed by atoms with Crippen molar-refractivity contribution in [3.8, 4) is 5.75 Å². The van der Waals surface area contributed by atoms with Crippen LogP contribution in [0.25, 0.3) is 10.8 Å². The first-order chi connectivity index (χ1) is 13.5. The van der Waals surface area contributed by atoms with Gasteiger partial charge in [0.2, 0.25) is 0 Å². The van der Waals surface area contributed by atoms with Crippen LogP contribution in [0.15, 0.2) is 41.6 Å². The third-order valence-electron chi connectivity index (χ3n) is 5.65. The van der Waals surface area contributed by atoms with Crippen LogP contribution in [0.4, 0.5) is 0 Å². The van der Waals surface area contributed by atoms with Gasteiger partial charge in [0.05, 0.1) is 12.8 Å². The van der Waals surface area contributed by atoms with E-state index in [1.807, 2.05) is 6.07 Å². The molecule has 0 bridgehead atoms. The predicted molar refractivity (Wildman–Crippen MR) is 119 cm³/mol. The molecular weight excluding hydrogens is 348 g/mol. The topological polar surface area (TPSA) is 34.1 Å². The number of unbranched alkanes of at least 4 members (excludes halogenated alkanes) is 1. The molecule has 2 atom stereocenters. The van der Waals surface area contributed by atoms with Gasteiger partial charge in [-0.05, 0) is 55.8 Å². The molecule has 0 aliphatic heterocycles. The van der Waals surface area contributed by atoms with E-state index in [1.165, 1.54) is 30.0 Å². The van der Waals surface area contributed by atoms with E-state index >= 15 is 0 Å². The minimum absolute atomic E-state index is 0.324. The fraction of sp³-hybridized carbons (Fsp3) is 0.542. The molecule has 0 fully saturated rings. The SMILES string of the molecule is CCCCC(C)N(C)CC(CC)/C(=N\OC)c1ccc2cc(OC)ccc2c1. The Hall–Kier alpha value is -2.07. The van der Waals surface area contributed by atoms with Gasteiger partial charge in [-0.25, -0.2) is 0 Å². The molecule has 0 aliphatic rings. The molecule has 2 rings (SSSR count). The highest BCUT2D eigenvalue weighted by atomic mass is 16.6. The maximum atomic E-state index is 5.34. The highest BCUT2D eigenvalue weighted by Crippen LogP contribution is 2.25. The van der Waals surface area contributed by atoms with E-state index in [0.717, 1.165) is 30.0 Å². The molecule has 4 heteroatoms. The molecule has 0 heterocycles. The van der Waals surface area contributed by atoms with Crippen molar-refractivity contribution < 1.29 is 9.57 Å². The number of methoxy groups -OCH3 is 1.